The molecule has 0 aliphatic rings. The second kappa shape index (κ2) is 8.26. The molecule has 2 heterocycles. The number of benzene rings is 1. The third kappa shape index (κ3) is 5.31. The molecule has 9 nitrogen and oxygen atoms in total. The van der Waals surface area contributed by atoms with Crippen molar-refractivity contribution in [2.24, 2.45) is 5.16 Å². The number of rotatable bonds is 7. The number of oxime groups is 1. The van der Waals surface area contributed by atoms with Gasteiger partial charge in [0.05, 0.1) is 10.6 Å². The van der Waals surface area contributed by atoms with Crippen LogP contribution in [-0.4, -0.2) is 48.4 Å². The van der Waals surface area contributed by atoms with Crippen LogP contribution in [0.5, 0.6) is 0 Å². The van der Waals surface area contributed by atoms with Gasteiger partial charge in [-0.25, -0.2) is 17.9 Å². The van der Waals surface area contributed by atoms with E-state index in [1.165, 1.54) is 36.4 Å². The third-order valence-electron chi connectivity index (χ3n) is 3.83. The van der Waals surface area contributed by atoms with Gasteiger partial charge >= 0.3 is 12.1 Å². The lowest BCUT2D eigenvalue weighted by molar-refractivity contribution is -0.142. The molecule has 0 spiro atoms. The Labute approximate surface area is 173 Å². The van der Waals surface area contributed by atoms with E-state index in [1.807, 2.05) is 0 Å². The van der Waals surface area contributed by atoms with Crippen LogP contribution in [0.2, 0.25) is 0 Å². The molecule has 0 atom stereocenters. The van der Waals surface area contributed by atoms with Crippen molar-refractivity contribution in [3.05, 3.63) is 53.9 Å². The van der Waals surface area contributed by atoms with Crippen LogP contribution in [0.4, 0.5) is 13.2 Å². The molecule has 164 valence electrons. The number of aromatic nitrogens is 2. The first-order valence-corrected chi connectivity index (χ1v) is 10.3. The molecule has 0 saturated carbocycles. The van der Waals surface area contributed by atoms with E-state index >= 15 is 0 Å². The summed E-state index contributed by atoms with van der Waals surface area (Å²) in [6.07, 6.45) is -2.66. The number of halogens is 3. The van der Waals surface area contributed by atoms with Crippen molar-refractivity contribution in [1.29, 1.82) is 0 Å². The molecule has 0 amide bonds. The Morgan fingerprint density at radius 1 is 1.26 bits per heavy atom. The number of hydrogen-bond acceptors (Lipinski definition) is 7. The van der Waals surface area contributed by atoms with Crippen LogP contribution in [0.3, 0.4) is 0 Å². The smallest absolute Gasteiger partial charge is 0.435 e. The van der Waals surface area contributed by atoms with Crippen molar-refractivity contribution in [3.63, 3.8) is 0 Å². The van der Waals surface area contributed by atoms with Gasteiger partial charge in [0.1, 0.15) is 17.7 Å². The number of furan rings is 1. The maximum atomic E-state index is 13.2. The van der Waals surface area contributed by atoms with Gasteiger partial charge in [-0.15, -0.1) is 0 Å². The minimum atomic E-state index is -4.73. The predicted molar refractivity (Wildman–Crippen MR) is 101 cm³/mol. The first-order valence-electron chi connectivity index (χ1n) is 8.40. The highest BCUT2D eigenvalue weighted by atomic mass is 32.2. The van der Waals surface area contributed by atoms with Gasteiger partial charge in [-0.1, -0.05) is 5.16 Å². The van der Waals surface area contributed by atoms with Crippen LogP contribution in [0.1, 0.15) is 11.5 Å². The number of carboxylic acids is 1. The zero-order chi connectivity index (χ0) is 22.8. The predicted octanol–water partition coefficient (Wildman–Crippen LogP) is 2.99. The van der Waals surface area contributed by atoms with Crippen LogP contribution in [0.25, 0.3) is 17.1 Å². The first kappa shape index (κ1) is 22.1. The molecule has 0 unspecified atom stereocenters. The van der Waals surface area contributed by atoms with E-state index in [-0.39, 0.29) is 27.8 Å². The molecule has 31 heavy (non-hydrogen) atoms. The van der Waals surface area contributed by atoms with Gasteiger partial charge in [0, 0.05) is 12.3 Å². The number of carbonyl (C=O) groups is 1. The van der Waals surface area contributed by atoms with Gasteiger partial charge < -0.3 is 14.4 Å². The number of aliphatic carboxylic acids is 1. The van der Waals surface area contributed by atoms with Gasteiger partial charge in [-0.2, -0.15) is 18.3 Å². The number of alkyl halides is 3. The summed E-state index contributed by atoms with van der Waals surface area (Å²) in [5.74, 6) is -1.13. The molecule has 1 N–H and O–H groups in total. The monoisotopic (exact) mass is 457 g/mol. The van der Waals surface area contributed by atoms with Crippen molar-refractivity contribution in [1.82, 2.24) is 9.78 Å². The average molecular weight is 457 g/mol. The van der Waals surface area contributed by atoms with E-state index in [0.717, 1.165) is 23.2 Å². The molecule has 0 aliphatic heterocycles. The minimum absolute atomic E-state index is 0.00106. The van der Waals surface area contributed by atoms with Gasteiger partial charge in [-0.3, -0.25) is 0 Å². The second-order valence-electron chi connectivity index (χ2n) is 6.19. The summed E-state index contributed by atoms with van der Waals surface area (Å²) in [5.41, 5.74) is -1.05. The molecule has 3 aromatic rings. The van der Waals surface area contributed by atoms with Gasteiger partial charge in [0.15, 0.2) is 21.3 Å². The Balaban J connectivity index is 1.99. The molecule has 0 radical (unpaired) electrons. The standard InChI is InChI=1S/C18H14F3N3O6S/c1-31(27,28)13-5-2-11(3-6-13)24-14(8-16(23-24)18(19,20)21)15-7-4-12(30-15)9-22-29-10-17(25)26/h2-9H,10H2,1H3,(H,25,26). The summed E-state index contributed by atoms with van der Waals surface area (Å²) < 4.78 is 69.3. The van der Waals surface area contributed by atoms with Crippen LogP contribution in [0, 0.1) is 0 Å². The SMILES string of the molecule is CS(=O)(=O)c1ccc(-n2nc(C(F)(F)F)cc2-c2ccc(C=NOCC(=O)O)o2)cc1. The first-order chi connectivity index (χ1) is 14.4. The highest BCUT2D eigenvalue weighted by Gasteiger charge is 2.35. The van der Waals surface area contributed by atoms with E-state index in [9.17, 15) is 26.4 Å². The number of sulfone groups is 1. The Kier molecular flexibility index (Phi) is 5.88. The molecule has 0 aliphatic carbocycles. The number of nitrogens with zero attached hydrogens (tertiary/aromatic N) is 3. The van der Waals surface area contributed by atoms with E-state index < -0.39 is 34.3 Å². The zero-order valence-corrected chi connectivity index (χ0v) is 16.5. The Hall–Kier alpha value is -3.61. The highest BCUT2D eigenvalue weighted by Crippen LogP contribution is 2.34. The van der Waals surface area contributed by atoms with Gasteiger partial charge in [-0.05, 0) is 36.4 Å². The lowest BCUT2D eigenvalue weighted by Crippen LogP contribution is -2.07. The average Bonchev–Trinajstić information content (AvgIpc) is 3.31. The van der Waals surface area contributed by atoms with E-state index in [2.05, 4.69) is 15.1 Å². The summed E-state index contributed by atoms with van der Waals surface area (Å²) in [5, 5.41) is 15.4. The third-order valence-corrected chi connectivity index (χ3v) is 4.96. The Bertz CT molecular complexity index is 1230. The highest BCUT2D eigenvalue weighted by molar-refractivity contribution is 7.90. The fourth-order valence-corrected chi connectivity index (χ4v) is 3.10. The summed E-state index contributed by atoms with van der Waals surface area (Å²) in [4.78, 5) is 14.9. The van der Waals surface area contributed by atoms with Crippen molar-refractivity contribution < 1.29 is 40.7 Å². The van der Waals surface area contributed by atoms with E-state index in [1.54, 1.807) is 0 Å². The molecule has 13 heteroatoms. The summed E-state index contributed by atoms with van der Waals surface area (Å²) in [6.45, 7) is -0.671. The number of carboxylic acid groups (broad SMARTS) is 1. The Morgan fingerprint density at radius 3 is 2.52 bits per heavy atom. The maximum Gasteiger partial charge on any atom is 0.435 e. The molecule has 2 aromatic heterocycles. The summed E-state index contributed by atoms with van der Waals surface area (Å²) in [7, 11) is -3.49. The topological polar surface area (TPSA) is 124 Å². The van der Waals surface area contributed by atoms with Crippen molar-refractivity contribution in [3.8, 4) is 17.1 Å². The van der Waals surface area contributed by atoms with Crippen molar-refractivity contribution >= 4 is 22.0 Å². The molecular formula is C18H14F3N3O6S. The summed E-state index contributed by atoms with van der Waals surface area (Å²) >= 11 is 0. The lowest BCUT2D eigenvalue weighted by Gasteiger charge is -2.07. The van der Waals surface area contributed by atoms with Crippen LogP contribution < -0.4 is 0 Å². The van der Waals surface area contributed by atoms with Crippen molar-refractivity contribution in [2.75, 3.05) is 12.9 Å². The summed E-state index contributed by atoms with van der Waals surface area (Å²) in [6, 6.07) is 8.69. The van der Waals surface area contributed by atoms with E-state index in [0.29, 0.717) is 0 Å². The van der Waals surface area contributed by atoms with Crippen LogP contribution >= 0.6 is 0 Å². The molecule has 1 aromatic carbocycles. The number of hydrogen-bond donors (Lipinski definition) is 1. The van der Waals surface area contributed by atoms with Crippen LogP contribution in [0.15, 0.2) is 56.9 Å². The Morgan fingerprint density at radius 2 is 1.94 bits per heavy atom. The van der Waals surface area contributed by atoms with Gasteiger partial charge in [0.2, 0.25) is 6.61 Å². The minimum Gasteiger partial charge on any atom is -0.479 e. The molecule has 0 bridgehead atoms. The molecule has 3 rings (SSSR count). The maximum absolute atomic E-state index is 13.2. The lowest BCUT2D eigenvalue weighted by atomic mass is 10.2. The molecule has 0 fully saturated rings. The fraction of sp³-hybridized carbons (Fsp3) is 0.167. The van der Waals surface area contributed by atoms with Gasteiger partial charge in [0.25, 0.3) is 0 Å². The normalized spacial score (nSPS) is 12.4. The van der Waals surface area contributed by atoms with Crippen molar-refractivity contribution in [2.45, 2.75) is 11.1 Å². The molecule has 0 saturated heterocycles. The molecular weight excluding hydrogens is 443 g/mol. The second-order valence-corrected chi connectivity index (χ2v) is 8.21. The zero-order valence-electron chi connectivity index (χ0n) is 15.7. The fourth-order valence-electron chi connectivity index (χ4n) is 2.47. The van der Waals surface area contributed by atoms with Crippen LogP contribution in [-0.2, 0) is 25.6 Å². The largest absolute Gasteiger partial charge is 0.479 e. The van der Waals surface area contributed by atoms with E-state index in [4.69, 9.17) is 9.52 Å². The quantitative estimate of drug-likeness (QED) is 0.427.